The van der Waals surface area contributed by atoms with Gasteiger partial charge in [-0.25, -0.2) is 12.1 Å². The average molecular weight is 401 g/mol. The largest absolute Gasteiger partial charge is 0.748 e. The molecule has 3 nitrogen and oxygen atoms in total. The van der Waals surface area contributed by atoms with Gasteiger partial charge in [-0.1, -0.05) is 24.3 Å². The fraction of sp³-hybridized carbons (Fsp3) is 0.273. The molecule has 0 amide bonds. The number of hydrogen-bond donors (Lipinski definition) is 0. The zero-order chi connectivity index (χ0) is 17.9. The van der Waals surface area contributed by atoms with Gasteiger partial charge in [0.05, 0.1) is 12.2 Å². The SMILES string of the molecule is CN(C)Cc1ccc[c-]1B1O[C@H]2Cc3ccccc3[C@H]2O1.[Fe].[cH-]1[cH-][cH-][cH-][cH-]1. The van der Waals surface area contributed by atoms with Crippen molar-refractivity contribution in [2.24, 2.45) is 0 Å². The molecule has 1 fully saturated rings. The molecule has 27 heavy (non-hydrogen) atoms. The standard InChI is InChI=1S/C17H19BNO2.C5H5.Fe/c1-19(2)11-13-7-5-9-15(13)18-20-16-10-12-6-3-4-8-14(12)17(16)21-18;1-2-4-5-3-1;/h3-9,16-17H,10-11H2,1-2H3;1-5H;/q-1;-5;/t16-,17+;;/m0../s1. The second-order valence-electron chi connectivity index (χ2n) is 7.17. The van der Waals surface area contributed by atoms with Gasteiger partial charge in [0.2, 0.25) is 0 Å². The third kappa shape index (κ3) is 4.45. The Morgan fingerprint density at radius 3 is 2.44 bits per heavy atom. The number of benzene rings is 1. The van der Waals surface area contributed by atoms with Crippen LogP contribution in [0.25, 0.3) is 0 Å². The Hall–Kier alpha value is -1.62. The molecule has 5 rings (SSSR count). The maximum absolute atomic E-state index is 6.24. The average Bonchev–Trinajstić information content (AvgIpc) is 3.39. The van der Waals surface area contributed by atoms with Crippen molar-refractivity contribution < 1.29 is 26.4 Å². The summed E-state index contributed by atoms with van der Waals surface area (Å²) in [6, 6.07) is 24.9. The van der Waals surface area contributed by atoms with Crippen LogP contribution in [0.1, 0.15) is 22.8 Å². The van der Waals surface area contributed by atoms with E-state index in [1.807, 2.05) is 30.3 Å². The van der Waals surface area contributed by atoms with Crippen LogP contribution in [0.15, 0.2) is 72.8 Å². The van der Waals surface area contributed by atoms with Crippen LogP contribution in [0.4, 0.5) is 0 Å². The van der Waals surface area contributed by atoms with Crippen LogP contribution in [0.3, 0.4) is 0 Å². The molecule has 3 aromatic rings. The summed E-state index contributed by atoms with van der Waals surface area (Å²) in [5.74, 6) is 0. The maximum Gasteiger partial charge on any atom is 0.419 e. The second kappa shape index (κ2) is 9.05. The molecule has 0 N–H and O–H groups in total. The van der Waals surface area contributed by atoms with Gasteiger partial charge in [-0.2, -0.15) is 11.6 Å². The summed E-state index contributed by atoms with van der Waals surface area (Å²) in [6.45, 7) is 0.914. The van der Waals surface area contributed by atoms with Gasteiger partial charge in [-0.15, -0.1) is 5.46 Å². The van der Waals surface area contributed by atoms with E-state index in [1.165, 1.54) is 22.2 Å². The number of fused-ring (bicyclic) bond motifs is 3. The molecule has 0 saturated carbocycles. The zero-order valence-electron chi connectivity index (χ0n) is 15.7. The van der Waals surface area contributed by atoms with E-state index in [9.17, 15) is 0 Å². The molecule has 146 valence electrons. The van der Waals surface area contributed by atoms with Crippen LogP contribution in [-0.2, 0) is 39.3 Å². The molecule has 2 aliphatic rings. The summed E-state index contributed by atoms with van der Waals surface area (Å²) in [6.07, 6.45) is 1.21. The first-order valence-corrected chi connectivity index (χ1v) is 9.17. The van der Waals surface area contributed by atoms with Gasteiger partial charge in [-0.05, 0) is 31.8 Å². The van der Waals surface area contributed by atoms with Gasteiger partial charge >= 0.3 is 7.12 Å². The predicted octanol–water partition coefficient (Wildman–Crippen LogP) is 3.28. The molecule has 0 spiro atoms. The molecule has 0 radical (unpaired) electrons. The van der Waals surface area contributed by atoms with Gasteiger partial charge in [-0.3, -0.25) is 0 Å². The minimum atomic E-state index is -0.224. The fourth-order valence-electron chi connectivity index (χ4n) is 3.78. The van der Waals surface area contributed by atoms with Crippen molar-refractivity contribution in [3.63, 3.8) is 0 Å². The van der Waals surface area contributed by atoms with Crippen LogP contribution in [0.5, 0.6) is 0 Å². The molecule has 0 aromatic heterocycles. The van der Waals surface area contributed by atoms with Crippen molar-refractivity contribution >= 4 is 12.6 Å². The zero-order valence-corrected chi connectivity index (χ0v) is 16.8. The molecule has 3 aromatic carbocycles. The van der Waals surface area contributed by atoms with Gasteiger partial charge in [0.1, 0.15) is 0 Å². The summed E-state index contributed by atoms with van der Waals surface area (Å²) < 4.78 is 12.4. The Morgan fingerprint density at radius 2 is 1.74 bits per heavy atom. The third-order valence-electron chi connectivity index (χ3n) is 4.93. The minimum absolute atomic E-state index is 0. The summed E-state index contributed by atoms with van der Waals surface area (Å²) in [4.78, 5) is 2.17. The van der Waals surface area contributed by atoms with Crippen molar-refractivity contribution in [1.82, 2.24) is 4.90 Å². The van der Waals surface area contributed by atoms with Crippen molar-refractivity contribution in [2.75, 3.05) is 14.1 Å². The molecule has 5 heteroatoms. The van der Waals surface area contributed by atoms with E-state index in [4.69, 9.17) is 9.31 Å². The van der Waals surface area contributed by atoms with Gasteiger partial charge in [0.25, 0.3) is 0 Å². The molecule has 1 aliphatic carbocycles. The summed E-state index contributed by atoms with van der Waals surface area (Å²) in [5, 5.41) is 0. The maximum atomic E-state index is 6.24. The van der Waals surface area contributed by atoms with Crippen LogP contribution in [0.2, 0.25) is 0 Å². The predicted molar refractivity (Wildman–Crippen MR) is 106 cm³/mol. The summed E-state index contributed by atoms with van der Waals surface area (Å²) in [5.41, 5.74) is 5.13. The van der Waals surface area contributed by atoms with Gasteiger partial charge in [0, 0.05) is 23.5 Å². The fourth-order valence-corrected chi connectivity index (χ4v) is 3.78. The number of nitrogens with zero attached hydrogens (tertiary/aromatic N) is 1. The van der Waals surface area contributed by atoms with Crippen molar-refractivity contribution in [3.8, 4) is 0 Å². The molecular weight excluding hydrogens is 377 g/mol. The van der Waals surface area contributed by atoms with Gasteiger partial charge in [0.15, 0.2) is 0 Å². The van der Waals surface area contributed by atoms with Crippen molar-refractivity contribution in [3.05, 3.63) is 89.5 Å². The number of rotatable bonds is 3. The monoisotopic (exact) mass is 401 g/mol. The first-order chi connectivity index (χ1) is 12.7. The summed E-state index contributed by atoms with van der Waals surface area (Å²) in [7, 11) is 3.94. The smallest absolute Gasteiger partial charge is 0.419 e. The second-order valence-corrected chi connectivity index (χ2v) is 7.17. The van der Waals surface area contributed by atoms with Crippen molar-refractivity contribution in [1.29, 1.82) is 0 Å². The Morgan fingerprint density at radius 1 is 1.04 bits per heavy atom. The van der Waals surface area contributed by atoms with Gasteiger partial charge < -0.3 is 44.5 Å². The number of hydrogen-bond acceptors (Lipinski definition) is 3. The Labute approximate surface area is 172 Å². The topological polar surface area (TPSA) is 21.7 Å². The van der Waals surface area contributed by atoms with E-state index >= 15 is 0 Å². The molecular formula is C22H24BFeNO2-6. The molecule has 2 atom stereocenters. The first-order valence-electron chi connectivity index (χ1n) is 9.17. The molecule has 1 aliphatic heterocycles. The van der Waals surface area contributed by atoms with E-state index in [0.717, 1.165) is 13.0 Å². The van der Waals surface area contributed by atoms with Crippen molar-refractivity contribution in [2.45, 2.75) is 25.2 Å². The van der Waals surface area contributed by atoms with E-state index in [-0.39, 0.29) is 36.4 Å². The third-order valence-corrected chi connectivity index (χ3v) is 4.93. The first kappa shape index (κ1) is 20.1. The van der Waals surface area contributed by atoms with Crippen LogP contribution < -0.4 is 5.46 Å². The summed E-state index contributed by atoms with van der Waals surface area (Å²) >= 11 is 0. The van der Waals surface area contributed by atoms with E-state index in [2.05, 4.69) is 61.5 Å². The Kier molecular flexibility index (Phi) is 6.75. The molecule has 1 saturated heterocycles. The molecule has 0 bridgehead atoms. The quantitative estimate of drug-likeness (QED) is 0.497. The van der Waals surface area contributed by atoms with Crippen LogP contribution in [0, 0.1) is 0 Å². The normalized spacial score (nSPS) is 19.9. The molecule has 1 heterocycles. The van der Waals surface area contributed by atoms with E-state index in [1.54, 1.807) is 0 Å². The van der Waals surface area contributed by atoms with Crippen LogP contribution >= 0.6 is 0 Å². The van der Waals surface area contributed by atoms with E-state index < -0.39 is 0 Å². The Balaban J connectivity index is 0.000000306. The van der Waals surface area contributed by atoms with E-state index in [0.29, 0.717) is 0 Å². The minimum Gasteiger partial charge on any atom is -0.748 e. The Bertz CT molecular complexity index is 813. The molecule has 0 unspecified atom stereocenters. The van der Waals surface area contributed by atoms with Crippen LogP contribution in [-0.4, -0.2) is 32.2 Å².